The lowest BCUT2D eigenvalue weighted by Gasteiger charge is -2.13. The lowest BCUT2D eigenvalue weighted by molar-refractivity contribution is -0.159. The Morgan fingerprint density at radius 3 is 2.21 bits per heavy atom. The average molecular weight is 385 g/mol. The molecule has 3 aromatic carbocycles. The fraction of sp³-hybridized carbons (Fsp3) is 0.143. The molecule has 0 radical (unpaired) electrons. The van der Waals surface area contributed by atoms with Gasteiger partial charge in [-0.05, 0) is 47.7 Å². The lowest BCUT2D eigenvalue weighted by atomic mass is 10.0. The first-order valence-corrected chi connectivity index (χ1v) is 8.34. The van der Waals surface area contributed by atoms with Gasteiger partial charge >= 0.3 is 11.9 Å². The summed E-state index contributed by atoms with van der Waals surface area (Å²) in [5, 5.41) is 20.4. The number of aliphatic carboxylic acids is 2. The van der Waals surface area contributed by atoms with Crippen molar-refractivity contribution in [1.29, 1.82) is 0 Å². The average Bonchev–Trinajstić information content (AvgIpc) is 2.67. The monoisotopic (exact) mass is 385 g/mol. The minimum absolute atomic E-state index is 0.210. The molecule has 0 aliphatic rings. The molecule has 146 valence electrons. The standard InChI is InChI=1S/C19H18FNO.C2H2O4/c1-13-11-15(20)8-9-18(13)21-12-14-7-10-19(22-2)17-6-4-3-5-16(14)17;3-1(4)2(5)6/h3-11,21H,12H2,1-2H3;(H,3,4)(H,5,6). The third-order valence-electron chi connectivity index (χ3n) is 4.03. The molecule has 28 heavy (non-hydrogen) atoms. The van der Waals surface area contributed by atoms with E-state index in [0.29, 0.717) is 6.54 Å². The van der Waals surface area contributed by atoms with Crippen molar-refractivity contribution in [2.45, 2.75) is 13.5 Å². The number of hydrogen-bond acceptors (Lipinski definition) is 4. The van der Waals surface area contributed by atoms with Gasteiger partial charge < -0.3 is 20.3 Å². The highest BCUT2D eigenvalue weighted by Gasteiger charge is 2.07. The van der Waals surface area contributed by atoms with Gasteiger partial charge in [-0.25, -0.2) is 14.0 Å². The first kappa shape index (κ1) is 20.7. The van der Waals surface area contributed by atoms with Crippen LogP contribution in [0.4, 0.5) is 10.1 Å². The molecule has 0 fully saturated rings. The number of anilines is 1. The van der Waals surface area contributed by atoms with Crippen LogP contribution in [0.3, 0.4) is 0 Å². The Hall–Kier alpha value is -3.61. The number of aryl methyl sites for hydroxylation is 1. The lowest BCUT2D eigenvalue weighted by Crippen LogP contribution is -2.09. The number of fused-ring (bicyclic) bond motifs is 1. The van der Waals surface area contributed by atoms with E-state index in [9.17, 15) is 4.39 Å². The maximum Gasteiger partial charge on any atom is 0.414 e. The smallest absolute Gasteiger partial charge is 0.414 e. The van der Waals surface area contributed by atoms with Gasteiger partial charge in [0.05, 0.1) is 7.11 Å². The van der Waals surface area contributed by atoms with E-state index >= 15 is 0 Å². The van der Waals surface area contributed by atoms with Crippen LogP contribution in [-0.4, -0.2) is 29.3 Å². The number of rotatable bonds is 4. The molecule has 0 aliphatic heterocycles. The van der Waals surface area contributed by atoms with Crippen LogP contribution in [0.1, 0.15) is 11.1 Å². The Balaban J connectivity index is 0.000000409. The maximum absolute atomic E-state index is 13.2. The number of carboxylic acid groups (broad SMARTS) is 2. The zero-order valence-corrected chi connectivity index (χ0v) is 15.4. The molecule has 0 spiro atoms. The Morgan fingerprint density at radius 2 is 1.64 bits per heavy atom. The van der Waals surface area contributed by atoms with Gasteiger partial charge in [0.1, 0.15) is 11.6 Å². The predicted molar refractivity (Wildman–Crippen MR) is 104 cm³/mol. The topological polar surface area (TPSA) is 95.9 Å². The molecule has 0 atom stereocenters. The first-order valence-electron chi connectivity index (χ1n) is 8.34. The van der Waals surface area contributed by atoms with Crippen molar-refractivity contribution in [2.75, 3.05) is 12.4 Å². The summed E-state index contributed by atoms with van der Waals surface area (Å²) in [6.45, 7) is 2.58. The second kappa shape index (κ2) is 9.36. The summed E-state index contributed by atoms with van der Waals surface area (Å²) in [5.74, 6) is -2.99. The van der Waals surface area contributed by atoms with Gasteiger partial charge in [-0.1, -0.05) is 30.3 Å². The molecular weight excluding hydrogens is 365 g/mol. The molecule has 0 aromatic heterocycles. The molecule has 7 heteroatoms. The van der Waals surface area contributed by atoms with Crippen molar-refractivity contribution in [2.24, 2.45) is 0 Å². The summed E-state index contributed by atoms with van der Waals surface area (Å²) < 4.78 is 18.6. The van der Waals surface area contributed by atoms with Crippen molar-refractivity contribution in [1.82, 2.24) is 0 Å². The second-order valence-electron chi connectivity index (χ2n) is 5.90. The van der Waals surface area contributed by atoms with Crippen molar-refractivity contribution in [3.63, 3.8) is 0 Å². The SMILES string of the molecule is COc1ccc(CNc2ccc(F)cc2C)c2ccccc12.O=C(O)C(=O)O. The minimum atomic E-state index is -1.82. The summed E-state index contributed by atoms with van der Waals surface area (Å²) in [7, 11) is 1.68. The Morgan fingerprint density at radius 1 is 1.00 bits per heavy atom. The van der Waals surface area contributed by atoms with E-state index in [-0.39, 0.29) is 5.82 Å². The number of hydrogen-bond donors (Lipinski definition) is 3. The largest absolute Gasteiger partial charge is 0.496 e. The fourth-order valence-corrected chi connectivity index (χ4v) is 2.68. The zero-order valence-electron chi connectivity index (χ0n) is 15.4. The van der Waals surface area contributed by atoms with Gasteiger partial charge in [-0.2, -0.15) is 0 Å². The number of benzene rings is 3. The van der Waals surface area contributed by atoms with Crippen LogP contribution in [0.5, 0.6) is 5.75 Å². The van der Waals surface area contributed by atoms with Crippen LogP contribution in [0.2, 0.25) is 0 Å². The van der Waals surface area contributed by atoms with Crippen molar-refractivity contribution >= 4 is 28.4 Å². The molecule has 0 aliphatic carbocycles. The molecular formula is C21H20FNO5. The van der Waals surface area contributed by atoms with Gasteiger partial charge in [-0.15, -0.1) is 0 Å². The van der Waals surface area contributed by atoms with E-state index < -0.39 is 11.9 Å². The van der Waals surface area contributed by atoms with Gasteiger partial charge in [0.25, 0.3) is 0 Å². The van der Waals surface area contributed by atoms with Crippen LogP contribution in [0.15, 0.2) is 54.6 Å². The number of ether oxygens (including phenoxy) is 1. The molecule has 0 saturated carbocycles. The number of nitrogens with one attached hydrogen (secondary N) is 1. The third-order valence-corrected chi connectivity index (χ3v) is 4.03. The molecule has 0 saturated heterocycles. The fourth-order valence-electron chi connectivity index (χ4n) is 2.68. The summed E-state index contributed by atoms with van der Waals surface area (Å²) in [6, 6.07) is 17.0. The van der Waals surface area contributed by atoms with Gasteiger partial charge in [0, 0.05) is 17.6 Å². The van der Waals surface area contributed by atoms with E-state index in [4.69, 9.17) is 24.5 Å². The zero-order chi connectivity index (χ0) is 20.7. The molecule has 0 bridgehead atoms. The van der Waals surface area contributed by atoms with Gasteiger partial charge in [0.2, 0.25) is 0 Å². The predicted octanol–water partition coefficient (Wildman–Crippen LogP) is 4.06. The van der Waals surface area contributed by atoms with Crippen molar-refractivity contribution < 1.29 is 28.9 Å². The van der Waals surface area contributed by atoms with Crippen LogP contribution in [-0.2, 0) is 16.1 Å². The molecule has 0 unspecified atom stereocenters. The number of carbonyl (C=O) groups is 2. The van der Waals surface area contributed by atoms with Crippen LogP contribution < -0.4 is 10.1 Å². The van der Waals surface area contributed by atoms with Crippen molar-refractivity contribution in [3.8, 4) is 5.75 Å². The summed E-state index contributed by atoms with van der Waals surface area (Å²) in [4.78, 5) is 18.2. The third kappa shape index (κ3) is 5.20. The van der Waals surface area contributed by atoms with Crippen LogP contribution >= 0.6 is 0 Å². The molecule has 3 N–H and O–H groups in total. The number of methoxy groups -OCH3 is 1. The minimum Gasteiger partial charge on any atom is -0.496 e. The van der Waals surface area contributed by atoms with Crippen LogP contribution in [0.25, 0.3) is 10.8 Å². The van der Waals surface area contributed by atoms with E-state index in [1.807, 2.05) is 25.1 Å². The summed E-state index contributed by atoms with van der Waals surface area (Å²) >= 11 is 0. The summed E-state index contributed by atoms with van der Waals surface area (Å²) in [6.07, 6.45) is 0. The van der Waals surface area contributed by atoms with E-state index in [1.54, 1.807) is 13.2 Å². The molecule has 0 amide bonds. The Kier molecular flexibility index (Phi) is 6.92. The number of carboxylic acids is 2. The Labute approximate surface area is 161 Å². The van der Waals surface area contributed by atoms with Gasteiger partial charge in [-0.3, -0.25) is 0 Å². The van der Waals surface area contributed by atoms with E-state index in [0.717, 1.165) is 27.8 Å². The molecule has 3 aromatic rings. The second-order valence-corrected chi connectivity index (χ2v) is 5.90. The highest BCUT2D eigenvalue weighted by atomic mass is 19.1. The highest BCUT2D eigenvalue weighted by molar-refractivity contribution is 6.27. The molecule has 0 heterocycles. The maximum atomic E-state index is 13.2. The molecule has 6 nitrogen and oxygen atoms in total. The van der Waals surface area contributed by atoms with E-state index in [1.165, 1.54) is 17.7 Å². The highest BCUT2D eigenvalue weighted by Crippen LogP contribution is 2.29. The van der Waals surface area contributed by atoms with Gasteiger partial charge in [0.15, 0.2) is 0 Å². The van der Waals surface area contributed by atoms with Crippen LogP contribution in [0, 0.1) is 12.7 Å². The van der Waals surface area contributed by atoms with Crippen molar-refractivity contribution in [3.05, 3.63) is 71.5 Å². The number of halogens is 1. The normalized spacial score (nSPS) is 9.96. The quantitative estimate of drug-likeness (QED) is 0.586. The Bertz CT molecular complexity index is 991. The summed E-state index contributed by atoms with van der Waals surface area (Å²) in [5.41, 5.74) is 3.03. The molecule has 3 rings (SSSR count). The van der Waals surface area contributed by atoms with E-state index in [2.05, 4.69) is 23.5 Å². The first-order chi connectivity index (χ1) is 13.3.